The van der Waals surface area contributed by atoms with Crippen LogP contribution in [-0.4, -0.2) is 21.2 Å². The molecule has 1 aromatic carbocycles. The second-order valence-electron chi connectivity index (χ2n) is 8.37. The van der Waals surface area contributed by atoms with Crippen molar-refractivity contribution in [3.8, 4) is 21.9 Å². The van der Waals surface area contributed by atoms with Crippen molar-refractivity contribution in [3.63, 3.8) is 0 Å². The van der Waals surface area contributed by atoms with Gasteiger partial charge in [0.05, 0.1) is 11.7 Å². The molecule has 0 saturated heterocycles. The zero-order valence-corrected chi connectivity index (χ0v) is 19.3. The minimum absolute atomic E-state index is 0.125. The minimum atomic E-state index is -0.557. The quantitative estimate of drug-likeness (QED) is 0.432. The van der Waals surface area contributed by atoms with Gasteiger partial charge in [-0.25, -0.2) is 4.98 Å². The van der Waals surface area contributed by atoms with Crippen molar-refractivity contribution in [2.24, 2.45) is 0 Å². The second kappa shape index (κ2) is 8.00. The predicted molar refractivity (Wildman–Crippen MR) is 129 cm³/mol. The molecule has 3 aromatic heterocycles. The summed E-state index contributed by atoms with van der Waals surface area (Å²) >= 11 is 3.01. The molecule has 6 rings (SSSR count). The van der Waals surface area contributed by atoms with Gasteiger partial charge in [0.2, 0.25) is 5.91 Å². The summed E-state index contributed by atoms with van der Waals surface area (Å²) in [5.41, 5.74) is 1.25. The number of hydrogen-bond donors (Lipinski definition) is 1. The molecular formula is C24H21N3O4S2. The van der Waals surface area contributed by atoms with E-state index in [1.54, 1.807) is 23.5 Å². The van der Waals surface area contributed by atoms with E-state index in [1.165, 1.54) is 28.7 Å². The van der Waals surface area contributed by atoms with Crippen LogP contribution in [0.3, 0.4) is 0 Å². The number of anilines is 1. The molecule has 1 aliphatic heterocycles. The first-order valence-corrected chi connectivity index (χ1v) is 12.7. The number of benzene rings is 1. The Bertz CT molecular complexity index is 1400. The van der Waals surface area contributed by atoms with Crippen molar-refractivity contribution < 1.29 is 14.3 Å². The zero-order chi connectivity index (χ0) is 22.4. The number of amides is 1. The molecule has 1 saturated carbocycles. The van der Waals surface area contributed by atoms with Gasteiger partial charge in [-0.3, -0.25) is 14.2 Å². The molecule has 7 nitrogen and oxygen atoms in total. The number of fused-ring (bicyclic) bond motifs is 2. The lowest BCUT2D eigenvalue weighted by atomic mass is 9.94. The van der Waals surface area contributed by atoms with E-state index in [4.69, 9.17) is 9.47 Å². The average molecular weight is 480 g/mol. The summed E-state index contributed by atoms with van der Waals surface area (Å²) in [6, 6.07) is 9.33. The van der Waals surface area contributed by atoms with Gasteiger partial charge in [-0.1, -0.05) is 12.5 Å². The number of carbonyl (C=O) groups excluding carboxylic acids is 1. The summed E-state index contributed by atoms with van der Waals surface area (Å²) in [4.78, 5) is 32.0. The summed E-state index contributed by atoms with van der Waals surface area (Å²) in [7, 11) is 0. The molecule has 0 unspecified atom stereocenters. The molecule has 0 radical (unpaired) electrons. The lowest BCUT2D eigenvalue weighted by molar-refractivity contribution is -0.116. The number of ether oxygens (including phenoxy) is 2. The Morgan fingerprint density at radius 3 is 2.79 bits per heavy atom. The van der Waals surface area contributed by atoms with Crippen molar-refractivity contribution in [2.75, 3.05) is 5.32 Å². The van der Waals surface area contributed by atoms with Gasteiger partial charge in [-0.2, -0.15) is 0 Å². The fraction of sp³-hybridized carbons (Fsp3) is 0.292. The molecule has 33 heavy (non-hydrogen) atoms. The molecule has 168 valence electrons. The highest BCUT2D eigenvalue weighted by atomic mass is 32.1. The van der Waals surface area contributed by atoms with Crippen LogP contribution in [0.1, 0.15) is 32.1 Å². The van der Waals surface area contributed by atoms with Crippen LogP contribution < -0.4 is 20.3 Å². The first-order chi connectivity index (χ1) is 16.1. The van der Waals surface area contributed by atoms with Gasteiger partial charge in [-0.15, -0.1) is 22.7 Å². The third-order valence-corrected chi connectivity index (χ3v) is 7.89. The maximum Gasteiger partial charge on any atom is 0.263 e. The number of nitrogens with one attached hydrogen (secondary N) is 1. The number of hydrogen-bond acceptors (Lipinski definition) is 7. The van der Waals surface area contributed by atoms with Gasteiger partial charge in [0.1, 0.15) is 11.4 Å². The molecular weight excluding hydrogens is 458 g/mol. The van der Waals surface area contributed by atoms with Gasteiger partial charge in [0.25, 0.3) is 11.3 Å². The highest BCUT2D eigenvalue weighted by Crippen LogP contribution is 2.46. The first kappa shape index (κ1) is 20.4. The van der Waals surface area contributed by atoms with E-state index in [-0.39, 0.29) is 18.0 Å². The van der Waals surface area contributed by atoms with E-state index >= 15 is 0 Å². The van der Waals surface area contributed by atoms with Crippen LogP contribution in [0.25, 0.3) is 20.7 Å². The largest absolute Gasteiger partial charge is 0.448 e. The van der Waals surface area contributed by atoms with Crippen LogP contribution in [0.5, 0.6) is 11.5 Å². The fourth-order valence-electron chi connectivity index (χ4n) is 4.51. The number of nitrogens with zero attached hydrogens (tertiary/aromatic N) is 2. The minimum Gasteiger partial charge on any atom is -0.448 e. The third kappa shape index (κ3) is 3.71. The summed E-state index contributed by atoms with van der Waals surface area (Å²) in [6.07, 6.45) is 6.56. The van der Waals surface area contributed by atoms with Gasteiger partial charge in [0, 0.05) is 40.4 Å². The Morgan fingerprint density at radius 1 is 1.12 bits per heavy atom. The monoisotopic (exact) mass is 479 g/mol. The van der Waals surface area contributed by atoms with Crippen molar-refractivity contribution >= 4 is 44.5 Å². The Labute approximate surface area is 197 Å². The Kier molecular flexibility index (Phi) is 4.95. The smallest absolute Gasteiger partial charge is 0.263 e. The van der Waals surface area contributed by atoms with Gasteiger partial charge in [-0.05, 0) is 36.4 Å². The molecule has 1 amide bonds. The SMILES string of the molecule is O=C(Cn1cnc2scc(-c3cccs3)c2c1=O)Nc1ccc2c(c1)OC1(CCCCC1)O2. The highest BCUT2D eigenvalue weighted by molar-refractivity contribution is 7.18. The fourth-order valence-corrected chi connectivity index (χ4v) is 6.24. The van der Waals surface area contributed by atoms with Crippen LogP contribution in [0.4, 0.5) is 5.69 Å². The van der Waals surface area contributed by atoms with E-state index in [9.17, 15) is 9.59 Å². The van der Waals surface area contributed by atoms with E-state index in [1.807, 2.05) is 29.0 Å². The van der Waals surface area contributed by atoms with Crippen molar-refractivity contribution in [3.05, 3.63) is 57.8 Å². The molecule has 1 N–H and O–H groups in total. The molecule has 1 aliphatic carbocycles. The summed E-state index contributed by atoms with van der Waals surface area (Å²) in [6.45, 7) is -0.125. The average Bonchev–Trinajstić information content (AvgIpc) is 3.54. The standard InChI is InChI=1S/C24H21N3O4S2/c28-20(26-15-6-7-17-18(11-15)31-24(30-17)8-2-1-3-9-24)12-27-14-25-22-21(23(27)29)16(13-33-22)19-5-4-10-32-19/h4-7,10-11,13-14H,1-3,8-9,12H2,(H,26,28). The highest BCUT2D eigenvalue weighted by Gasteiger charge is 2.42. The van der Waals surface area contributed by atoms with Crippen molar-refractivity contribution in [2.45, 2.75) is 44.4 Å². The van der Waals surface area contributed by atoms with Crippen LogP contribution in [-0.2, 0) is 11.3 Å². The number of carbonyl (C=O) groups is 1. The predicted octanol–water partition coefficient (Wildman–Crippen LogP) is 5.26. The molecule has 4 aromatic rings. The normalized spacial score (nSPS) is 16.4. The summed E-state index contributed by atoms with van der Waals surface area (Å²) in [5.74, 6) is 0.490. The molecule has 1 spiro atoms. The Hall–Kier alpha value is -3.17. The van der Waals surface area contributed by atoms with E-state index < -0.39 is 5.79 Å². The zero-order valence-electron chi connectivity index (χ0n) is 17.7. The van der Waals surface area contributed by atoms with Gasteiger partial charge >= 0.3 is 0 Å². The second-order valence-corrected chi connectivity index (χ2v) is 10.2. The van der Waals surface area contributed by atoms with Crippen LogP contribution >= 0.6 is 22.7 Å². The van der Waals surface area contributed by atoms with E-state index in [0.29, 0.717) is 27.4 Å². The van der Waals surface area contributed by atoms with Crippen LogP contribution in [0.2, 0.25) is 0 Å². The summed E-state index contributed by atoms with van der Waals surface area (Å²) in [5, 5.41) is 7.34. The Balaban J connectivity index is 1.21. The number of rotatable bonds is 4. The van der Waals surface area contributed by atoms with E-state index in [2.05, 4.69) is 10.3 Å². The van der Waals surface area contributed by atoms with Gasteiger partial charge in [0.15, 0.2) is 11.5 Å². The molecule has 2 aliphatic rings. The topological polar surface area (TPSA) is 82.5 Å². The van der Waals surface area contributed by atoms with Crippen molar-refractivity contribution in [1.29, 1.82) is 0 Å². The maximum absolute atomic E-state index is 13.1. The maximum atomic E-state index is 13.1. The molecule has 4 heterocycles. The molecule has 0 bridgehead atoms. The van der Waals surface area contributed by atoms with Gasteiger partial charge < -0.3 is 14.8 Å². The third-order valence-electron chi connectivity index (χ3n) is 6.10. The first-order valence-electron chi connectivity index (χ1n) is 10.9. The number of thiophene rings is 2. The lowest BCUT2D eigenvalue weighted by Gasteiger charge is -2.31. The molecule has 9 heteroatoms. The van der Waals surface area contributed by atoms with Crippen molar-refractivity contribution in [1.82, 2.24) is 9.55 Å². The number of aromatic nitrogens is 2. The van der Waals surface area contributed by atoms with E-state index in [0.717, 1.165) is 36.1 Å². The van der Waals surface area contributed by atoms with Crippen LogP contribution in [0, 0.1) is 0 Å². The lowest BCUT2D eigenvalue weighted by Crippen LogP contribution is -2.40. The molecule has 1 fully saturated rings. The molecule has 0 atom stereocenters. The van der Waals surface area contributed by atoms with Crippen LogP contribution in [0.15, 0.2) is 52.2 Å². The Morgan fingerprint density at radius 2 is 1.97 bits per heavy atom. The summed E-state index contributed by atoms with van der Waals surface area (Å²) < 4.78 is 13.6.